The van der Waals surface area contributed by atoms with E-state index in [1.165, 1.54) is 12.8 Å². The zero-order valence-electron chi connectivity index (χ0n) is 113. The van der Waals surface area contributed by atoms with Crippen LogP contribution in [0.4, 0.5) is 0 Å². The molecule has 0 bridgehead atoms. The van der Waals surface area contributed by atoms with E-state index in [1.54, 1.807) is 0 Å². The Morgan fingerprint density at radius 2 is 0.289 bits per heavy atom. The van der Waals surface area contributed by atoms with Gasteiger partial charge in [0.05, 0.1) is 22.4 Å². The number of aliphatic hydroxyl groups is 4. The van der Waals surface area contributed by atoms with Crippen molar-refractivity contribution in [3.8, 4) is 0 Å². The van der Waals surface area contributed by atoms with Crippen LogP contribution in [0.3, 0.4) is 0 Å². The Kier molecular flexibility index (Phi) is 65.5. The van der Waals surface area contributed by atoms with Crippen LogP contribution in [0.25, 0.3) is 0 Å². The molecule has 0 saturated carbocycles. The van der Waals surface area contributed by atoms with Crippen molar-refractivity contribution in [1.82, 2.24) is 0 Å². The third kappa shape index (κ3) is 67.4. The van der Waals surface area contributed by atoms with E-state index in [4.69, 9.17) is 0 Å². The molecule has 0 aliphatic carbocycles. The van der Waals surface area contributed by atoms with E-state index >= 15 is 0 Å². The minimum absolute atomic E-state index is 0.0327. The Labute approximate surface area is 866 Å². The van der Waals surface area contributed by atoms with E-state index < -0.39 is 22.4 Å². The summed E-state index contributed by atoms with van der Waals surface area (Å²) in [6.07, 6.45) is 5.95. The fraction of sp³-hybridized carbons (Fsp3) is 1.00. The largest absolute Gasteiger partial charge is 0.389 e. The van der Waals surface area contributed by atoms with Crippen LogP contribution < -0.4 is 0 Å². The van der Waals surface area contributed by atoms with Gasteiger partial charge in [0.1, 0.15) is 0 Å². The molecule has 0 heterocycles. The number of rotatable bonds is 8. The number of hydrogen-bond acceptors (Lipinski definition) is 4. The van der Waals surface area contributed by atoms with Gasteiger partial charge in [-0.25, -0.2) is 0 Å². The Bertz CT molecular complexity index is 2560. The van der Waals surface area contributed by atoms with Crippen molar-refractivity contribution >= 4 is 0 Å². The van der Waals surface area contributed by atoms with Gasteiger partial charge < -0.3 is 20.4 Å². The molecule has 0 fully saturated rings. The first-order valence-electron chi connectivity index (χ1n) is 55.4. The maximum atomic E-state index is 10.5. The Morgan fingerprint density at radius 3 is 0.296 bits per heavy atom. The Hall–Kier alpha value is -0.160. The summed E-state index contributed by atoms with van der Waals surface area (Å²) in [4.78, 5) is 0. The highest BCUT2D eigenvalue weighted by Crippen LogP contribution is 2.54. The lowest BCUT2D eigenvalue weighted by Crippen LogP contribution is -2.50. The van der Waals surface area contributed by atoms with E-state index in [-0.39, 0.29) is 43.3 Å². The summed E-state index contributed by atoms with van der Waals surface area (Å²) >= 11 is 0. The van der Waals surface area contributed by atoms with E-state index in [2.05, 4.69) is 589 Å². The van der Waals surface area contributed by atoms with Gasteiger partial charge in [-0.05, 0) is 228 Å². The minimum atomic E-state index is -0.625. The van der Waals surface area contributed by atoms with Gasteiger partial charge in [-0.3, -0.25) is 0 Å². The van der Waals surface area contributed by atoms with Crippen molar-refractivity contribution in [3.05, 3.63) is 0 Å². The van der Waals surface area contributed by atoms with Gasteiger partial charge in [0.15, 0.2) is 0 Å². The van der Waals surface area contributed by atoms with Gasteiger partial charge in [-0.2, -0.15) is 0 Å². The molecule has 4 heteroatoms. The summed E-state index contributed by atoms with van der Waals surface area (Å²) in [7, 11) is 0. The Morgan fingerprint density at radius 1 is 0.163 bits per heavy atom. The molecule has 0 spiro atoms. The van der Waals surface area contributed by atoms with Crippen LogP contribution in [0.1, 0.15) is 641 Å². The molecule has 0 rings (SSSR count). The summed E-state index contributed by atoms with van der Waals surface area (Å²) in [6.45, 7) is 196. The van der Waals surface area contributed by atoms with Gasteiger partial charge in [0.25, 0.3) is 0 Å². The fourth-order valence-electron chi connectivity index (χ4n) is 22.5. The number of hydrogen-bond donors (Lipinski definition) is 4. The Balaban J connectivity index is -0.000000122. The molecule has 834 valence electrons. The van der Waals surface area contributed by atoms with Crippen molar-refractivity contribution in [2.75, 3.05) is 0 Å². The van der Waals surface area contributed by atoms with E-state index in [1.807, 2.05) is 13.8 Å². The first-order chi connectivity index (χ1) is 56.5. The van der Waals surface area contributed by atoms with Crippen LogP contribution in [-0.2, 0) is 0 Å². The molecular formula is C131H286O4. The zero-order valence-corrected chi connectivity index (χ0v) is 113. The molecular weight excluding hydrogens is 1640 g/mol. The van der Waals surface area contributed by atoms with Crippen LogP contribution in [0.2, 0.25) is 0 Å². The van der Waals surface area contributed by atoms with Crippen molar-refractivity contribution < 1.29 is 20.4 Å². The quantitative estimate of drug-likeness (QED) is 0.195. The van der Waals surface area contributed by atoms with Crippen LogP contribution in [0.15, 0.2) is 0 Å². The summed E-state index contributed by atoms with van der Waals surface area (Å²) < 4.78 is 0. The molecule has 2 atom stereocenters. The van der Waals surface area contributed by atoms with Crippen LogP contribution in [0.5, 0.6) is 0 Å². The molecule has 4 N–H and O–H groups in total. The topological polar surface area (TPSA) is 80.9 Å². The lowest BCUT2D eigenvalue weighted by molar-refractivity contribution is -0.121. The lowest BCUT2D eigenvalue weighted by atomic mass is 9.56. The van der Waals surface area contributed by atoms with Gasteiger partial charge >= 0.3 is 0 Å². The monoisotopic (exact) mass is 1920 g/mol. The third-order valence-corrected chi connectivity index (χ3v) is 33.1. The SMILES string of the molecule is CC(C(C)(C)C)C(C)(C)C.CC(C(C)(C)C)C(C)(C)C.CC(C(C)(C)C)C(C)(C)C.CC(C)(C)C(C)(C)C(C)(C)C.CC(C)(C)C(C)(O)C(C)(C)C.CC(C)(C)C(C)(O)C(C)(C)C.CC(C)C(C(C)(C)C)C(C)(C)C.CC(C)C(C(C)(C)C)C(C)(C)C.CCC(C(C)(C)C)C(C)(C)C.CCC(C(C)(C)C)C(C)(C)C.CCC(O)(CC(C)(C)C)C(C)(C)C.CC[C@@](O)(CC(C)(C)C)C(C)(C)C. The molecule has 0 aliphatic heterocycles. The second-order valence-corrected chi connectivity index (χ2v) is 70.7. The van der Waals surface area contributed by atoms with Gasteiger partial charge in [0.2, 0.25) is 0 Å². The smallest absolute Gasteiger partial charge is 0.0715 e. The summed E-state index contributed by atoms with van der Waals surface area (Å²) in [6, 6.07) is 0. The van der Waals surface area contributed by atoms with Crippen molar-refractivity contribution in [3.63, 3.8) is 0 Å². The standard InChI is InChI=1S/2C12H26O.2C12H26.3C11H24.2C10H22O.3C10H22/c2*1-8-12(13,11(5,6)7)9-10(2,3)4;2*1-9(2)10(11(3,4)5)12(6,7)8;1-9(2,3)11(7,8)10(4,5)6;2*1-8-9(10(2,3)4)11(5,6)7;2*1-8(2,3)10(7,11)9(4,5)6;3*1-8(9(2,3)4)10(5,6)7/h2*13H,8-9H2,1-7H3;2*9-10H,1-8H3;1-8H3;2*9H,8H2,1-7H3;2*11H,1-7H3;3*8H,1-7H3/t12-;;;;;;;;;;;/m1.........../s1. The summed E-state index contributed by atoms with van der Waals surface area (Å²) in [5.74, 6) is 7.02. The zero-order chi connectivity index (χ0) is 115. The summed E-state index contributed by atoms with van der Waals surface area (Å²) in [5.41, 5.74) is 5.03. The molecule has 0 aromatic rings. The van der Waals surface area contributed by atoms with Gasteiger partial charge in [-0.1, -0.05) is 601 Å². The molecule has 0 saturated heterocycles. The third-order valence-electron chi connectivity index (χ3n) is 33.1. The molecule has 1 unspecified atom stereocenters. The van der Waals surface area contributed by atoms with Crippen LogP contribution in [-0.4, -0.2) is 42.8 Å². The highest BCUT2D eigenvalue weighted by atomic mass is 16.3. The predicted molar refractivity (Wildman–Crippen MR) is 633 cm³/mol. The van der Waals surface area contributed by atoms with Crippen molar-refractivity contribution in [1.29, 1.82) is 0 Å². The molecule has 0 aliphatic rings. The second-order valence-electron chi connectivity index (χ2n) is 70.7. The normalized spacial score (nSPS) is 15.4. The molecule has 4 nitrogen and oxygen atoms in total. The predicted octanol–water partition coefficient (Wildman–Crippen LogP) is 45.0. The average Bonchev–Trinajstić information content (AvgIpc) is 0.788. The van der Waals surface area contributed by atoms with E-state index in [0.717, 1.165) is 78.9 Å². The van der Waals surface area contributed by atoms with E-state index in [0.29, 0.717) is 92.1 Å². The maximum absolute atomic E-state index is 10.5. The highest BCUT2D eigenvalue weighted by molar-refractivity contribution is 4.99. The van der Waals surface area contributed by atoms with Crippen LogP contribution >= 0.6 is 0 Å². The lowest BCUT2D eigenvalue weighted by Gasteiger charge is -2.49. The first-order valence-corrected chi connectivity index (χ1v) is 55.4. The van der Waals surface area contributed by atoms with Crippen LogP contribution in [0, 0.1) is 189 Å². The molecule has 0 radical (unpaired) electrons. The second kappa shape index (κ2) is 55.2. The fourth-order valence-corrected chi connectivity index (χ4v) is 22.5. The molecule has 135 heavy (non-hydrogen) atoms. The van der Waals surface area contributed by atoms with Crippen molar-refractivity contribution in [2.24, 2.45) is 189 Å². The summed E-state index contributed by atoms with van der Waals surface area (Å²) in [5, 5.41) is 41.4. The highest BCUT2D eigenvalue weighted by Gasteiger charge is 2.49. The van der Waals surface area contributed by atoms with Crippen molar-refractivity contribution in [2.45, 2.75) is 663 Å². The van der Waals surface area contributed by atoms with E-state index in [9.17, 15) is 20.4 Å². The molecule has 0 amide bonds. The molecule has 0 aromatic heterocycles. The molecule has 0 aromatic carbocycles. The minimum Gasteiger partial charge on any atom is -0.389 e. The first kappa shape index (κ1) is 160. The average molecular weight is 1930 g/mol. The van der Waals surface area contributed by atoms with Gasteiger partial charge in [0, 0.05) is 0 Å². The maximum Gasteiger partial charge on any atom is 0.0715 e. The van der Waals surface area contributed by atoms with Gasteiger partial charge in [-0.15, -0.1) is 0 Å².